The second-order valence-electron chi connectivity index (χ2n) is 9.14. The molecule has 2 aliphatic rings. The number of carbonyl (C=O) groups excluding carboxylic acids is 2. The van der Waals surface area contributed by atoms with Crippen molar-refractivity contribution in [3.8, 4) is 6.07 Å². The highest BCUT2D eigenvalue weighted by Crippen LogP contribution is 2.37. The number of amides is 1. The highest BCUT2D eigenvalue weighted by Gasteiger charge is 2.34. The lowest BCUT2D eigenvalue weighted by molar-refractivity contribution is -0.148. The molecule has 2 aliphatic heterocycles. The zero-order chi connectivity index (χ0) is 27.6. The van der Waals surface area contributed by atoms with E-state index < -0.39 is 5.56 Å². The molecule has 11 heteroatoms. The van der Waals surface area contributed by atoms with Gasteiger partial charge in [0.2, 0.25) is 0 Å². The average molecular weight is 555 g/mol. The summed E-state index contributed by atoms with van der Waals surface area (Å²) in [6, 6.07) is 7.85. The summed E-state index contributed by atoms with van der Waals surface area (Å²) in [5.41, 5.74) is 1.28. The first-order valence-corrected chi connectivity index (χ1v) is 13.4. The fraction of sp³-hybridized carbons (Fsp3) is 0.370. The Hall–Kier alpha value is -3.49. The summed E-state index contributed by atoms with van der Waals surface area (Å²) in [7, 11) is 1.59. The van der Waals surface area contributed by atoms with Crippen LogP contribution in [0.15, 0.2) is 34.0 Å². The lowest BCUT2D eigenvalue weighted by Gasteiger charge is -2.35. The number of halogens is 1. The maximum Gasteiger partial charge on any atom is 0.310 e. The number of anilines is 1. The van der Waals surface area contributed by atoms with Crippen LogP contribution in [0.3, 0.4) is 0 Å². The quantitative estimate of drug-likeness (QED) is 0.302. The molecule has 3 heterocycles. The van der Waals surface area contributed by atoms with Gasteiger partial charge < -0.3 is 9.64 Å². The van der Waals surface area contributed by atoms with Crippen LogP contribution >= 0.6 is 24.0 Å². The Bertz CT molecular complexity index is 1430. The third-order valence-corrected chi connectivity index (χ3v) is 8.09. The van der Waals surface area contributed by atoms with Crippen molar-refractivity contribution < 1.29 is 18.7 Å². The molecule has 2 fully saturated rings. The number of nitriles is 1. The van der Waals surface area contributed by atoms with Crippen molar-refractivity contribution >= 4 is 52.1 Å². The van der Waals surface area contributed by atoms with Gasteiger partial charge in [-0.1, -0.05) is 36.1 Å². The van der Waals surface area contributed by atoms with Gasteiger partial charge >= 0.3 is 5.97 Å². The zero-order valence-corrected chi connectivity index (χ0v) is 23.0. The molecule has 1 unspecified atom stereocenters. The summed E-state index contributed by atoms with van der Waals surface area (Å²) in [6.45, 7) is 4.87. The minimum atomic E-state index is -0.445. The first-order valence-electron chi connectivity index (χ1n) is 12.2. The van der Waals surface area contributed by atoms with Crippen molar-refractivity contribution in [2.75, 3.05) is 24.6 Å². The molecule has 4 rings (SSSR count). The number of aromatic nitrogens is 1. The van der Waals surface area contributed by atoms with Gasteiger partial charge in [-0.15, -0.1) is 0 Å². The monoisotopic (exact) mass is 554 g/mol. The molecule has 0 radical (unpaired) electrons. The number of ether oxygens (including phenoxy) is 1. The van der Waals surface area contributed by atoms with Crippen molar-refractivity contribution in [1.82, 2.24) is 9.47 Å². The second kappa shape index (κ2) is 11.5. The maximum absolute atomic E-state index is 13.4. The summed E-state index contributed by atoms with van der Waals surface area (Å²) >= 11 is 6.61. The Morgan fingerprint density at radius 1 is 1.32 bits per heavy atom. The Morgan fingerprint density at radius 3 is 2.68 bits per heavy atom. The number of hydrogen-bond donors (Lipinski definition) is 0. The topological polar surface area (TPSA) is 95.6 Å². The smallest absolute Gasteiger partial charge is 0.310 e. The molecular formula is C27H27FN4O4S2. The van der Waals surface area contributed by atoms with Crippen LogP contribution in [0.2, 0.25) is 0 Å². The van der Waals surface area contributed by atoms with Crippen LogP contribution in [-0.4, -0.2) is 45.4 Å². The third-order valence-electron chi connectivity index (χ3n) is 6.71. The van der Waals surface area contributed by atoms with E-state index in [1.165, 1.54) is 21.6 Å². The number of piperidine rings is 1. The van der Waals surface area contributed by atoms with Gasteiger partial charge in [-0.3, -0.25) is 23.9 Å². The van der Waals surface area contributed by atoms with Crippen LogP contribution in [0, 0.1) is 30.0 Å². The SMILES string of the molecule is CCOC(=O)C1CCCN(c2c(/C=C3\SC(=S)N(Cc4ccc(F)cc4)C3=O)c(C)c(C#N)c(=O)n2C)C1. The molecule has 198 valence electrons. The van der Waals surface area contributed by atoms with E-state index in [0.29, 0.717) is 45.7 Å². The van der Waals surface area contributed by atoms with E-state index in [1.54, 1.807) is 39.1 Å². The highest BCUT2D eigenvalue weighted by molar-refractivity contribution is 8.26. The first-order chi connectivity index (χ1) is 18.2. The number of carbonyl (C=O) groups is 2. The fourth-order valence-electron chi connectivity index (χ4n) is 4.76. The molecule has 0 bridgehead atoms. The van der Waals surface area contributed by atoms with Crippen molar-refractivity contribution in [1.29, 1.82) is 5.26 Å². The zero-order valence-electron chi connectivity index (χ0n) is 21.3. The Balaban J connectivity index is 1.75. The third kappa shape index (κ3) is 5.37. The number of esters is 1. The van der Waals surface area contributed by atoms with Crippen LogP contribution in [0.25, 0.3) is 6.08 Å². The normalized spacial score (nSPS) is 18.7. The number of hydrogen-bond acceptors (Lipinski definition) is 8. The van der Waals surface area contributed by atoms with E-state index in [4.69, 9.17) is 17.0 Å². The number of nitrogens with zero attached hydrogens (tertiary/aromatic N) is 4. The second-order valence-corrected chi connectivity index (χ2v) is 10.8. The molecule has 0 aliphatic carbocycles. The van der Waals surface area contributed by atoms with Crippen molar-refractivity contribution in [2.45, 2.75) is 33.2 Å². The minimum absolute atomic E-state index is 0.0109. The molecule has 2 aromatic rings. The van der Waals surface area contributed by atoms with Gasteiger partial charge in [0.15, 0.2) is 0 Å². The number of rotatable bonds is 6. The molecule has 2 saturated heterocycles. The van der Waals surface area contributed by atoms with E-state index in [2.05, 4.69) is 0 Å². The van der Waals surface area contributed by atoms with Gasteiger partial charge in [0.25, 0.3) is 11.5 Å². The van der Waals surface area contributed by atoms with E-state index in [9.17, 15) is 24.0 Å². The van der Waals surface area contributed by atoms with Crippen molar-refractivity contribution in [3.63, 3.8) is 0 Å². The molecule has 1 aromatic heterocycles. The molecule has 1 aromatic carbocycles. The van der Waals surface area contributed by atoms with E-state index in [1.807, 2.05) is 11.0 Å². The number of pyridine rings is 1. The predicted molar refractivity (Wildman–Crippen MR) is 148 cm³/mol. The first kappa shape index (κ1) is 27.5. The summed E-state index contributed by atoms with van der Waals surface area (Å²) in [4.78, 5) is 42.7. The lowest BCUT2D eigenvalue weighted by Crippen LogP contribution is -2.42. The standard InChI is InChI=1S/C27H27FN4O4S2/c1-4-36-26(35)18-6-5-11-31(15-18)23-20(16(2)21(13-29)24(33)30(23)3)12-22-25(34)32(27(37)38-22)14-17-7-9-19(28)10-8-17/h7-10,12,18H,4-6,11,14-15H2,1-3H3/b22-12-. The van der Waals surface area contributed by atoms with Gasteiger partial charge in [-0.2, -0.15) is 5.26 Å². The molecule has 38 heavy (non-hydrogen) atoms. The van der Waals surface area contributed by atoms with Gasteiger partial charge in [-0.25, -0.2) is 4.39 Å². The molecule has 1 amide bonds. The number of benzene rings is 1. The predicted octanol–water partition coefficient (Wildman–Crippen LogP) is 3.89. The van der Waals surface area contributed by atoms with Gasteiger partial charge in [-0.05, 0) is 56.0 Å². The van der Waals surface area contributed by atoms with Crippen molar-refractivity contribution in [2.24, 2.45) is 13.0 Å². The minimum Gasteiger partial charge on any atom is -0.466 e. The van der Waals surface area contributed by atoms with Crippen LogP contribution < -0.4 is 10.5 Å². The highest BCUT2D eigenvalue weighted by atomic mass is 32.2. The summed E-state index contributed by atoms with van der Waals surface area (Å²) in [5, 5.41) is 9.72. The average Bonchev–Trinajstić information content (AvgIpc) is 3.16. The van der Waals surface area contributed by atoms with Gasteiger partial charge in [0, 0.05) is 25.7 Å². The largest absolute Gasteiger partial charge is 0.466 e. The molecule has 0 N–H and O–H groups in total. The van der Waals surface area contributed by atoms with Crippen LogP contribution in [0.1, 0.15) is 42.0 Å². The fourth-order valence-corrected chi connectivity index (χ4v) is 5.99. The maximum atomic E-state index is 13.4. The Morgan fingerprint density at radius 2 is 2.03 bits per heavy atom. The number of thioether (sulfide) groups is 1. The molecular weight excluding hydrogens is 527 g/mol. The molecule has 1 atom stereocenters. The van der Waals surface area contributed by atoms with Crippen LogP contribution in [-0.2, 0) is 27.9 Å². The van der Waals surface area contributed by atoms with Gasteiger partial charge in [0.05, 0.1) is 24.0 Å². The molecule has 0 saturated carbocycles. The van der Waals surface area contributed by atoms with Crippen LogP contribution in [0.5, 0.6) is 0 Å². The summed E-state index contributed by atoms with van der Waals surface area (Å²) < 4.78 is 20.3. The number of thiocarbonyl (C=S) groups is 1. The molecule has 8 nitrogen and oxygen atoms in total. The van der Waals surface area contributed by atoms with Gasteiger partial charge in [0.1, 0.15) is 27.6 Å². The van der Waals surface area contributed by atoms with E-state index in [-0.39, 0.29) is 42.3 Å². The Labute approximate surface area is 229 Å². The summed E-state index contributed by atoms with van der Waals surface area (Å²) in [6.07, 6.45) is 3.06. The van der Waals surface area contributed by atoms with Crippen molar-refractivity contribution in [3.05, 3.63) is 67.6 Å². The Kier molecular flexibility index (Phi) is 8.33. The lowest BCUT2D eigenvalue weighted by atomic mass is 9.96. The van der Waals surface area contributed by atoms with E-state index >= 15 is 0 Å². The molecule has 0 spiro atoms. The van der Waals surface area contributed by atoms with E-state index in [0.717, 1.165) is 23.7 Å². The summed E-state index contributed by atoms with van der Waals surface area (Å²) in [5.74, 6) is -0.783. The van der Waals surface area contributed by atoms with Crippen LogP contribution in [0.4, 0.5) is 10.2 Å².